The summed E-state index contributed by atoms with van der Waals surface area (Å²) < 4.78 is 1.99. The first kappa shape index (κ1) is 18.7. The normalized spacial score (nSPS) is 12.0. The van der Waals surface area contributed by atoms with E-state index in [9.17, 15) is 14.7 Å². The Hall–Kier alpha value is -3.12. The molecule has 0 aliphatic carbocycles. The molecule has 0 aliphatic heterocycles. The molecule has 0 aliphatic rings. The van der Waals surface area contributed by atoms with Gasteiger partial charge in [0, 0.05) is 31.0 Å². The monoisotopic (exact) mass is 365 g/mol. The summed E-state index contributed by atoms with van der Waals surface area (Å²) in [4.78, 5) is 24.1. The second-order valence-corrected chi connectivity index (χ2v) is 6.80. The van der Waals surface area contributed by atoms with Crippen molar-refractivity contribution >= 4 is 28.4 Å². The first-order chi connectivity index (χ1) is 12.8. The number of aryl methyl sites for hydroxylation is 3. The summed E-state index contributed by atoms with van der Waals surface area (Å²) >= 11 is 0. The minimum atomic E-state index is -0.896. The SMILES string of the molecule is Cc1cc(C)cc(NC(=O)C(=O)NCC(O)c2ccc3c(ccn3C)c2)c1. The van der Waals surface area contributed by atoms with Crippen LogP contribution in [0, 0.1) is 13.8 Å². The van der Waals surface area contributed by atoms with E-state index in [1.54, 1.807) is 12.1 Å². The molecule has 3 aromatic rings. The molecule has 2 amide bonds. The van der Waals surface area contributed by atoms with E-state index in [2.05, 4.69) is 10.6 Å². The van der Waals surface area contributed by atoms with Crippen LogP contribution in [-0.4, -0.2) is 28.0 Å². The summed E-state index contributed by atoms with van der Waals surface area (Å²) in [5, 5.41) is 16.4. The zero-order chi connectivity index (χ0) is 19.6. The lowest BCUT2D eigenvalue weighted by Gasteiger charge is -2.13. The number of carbonyl (C=O) groups excluding carboxylic acids is 2. The van der Waals surface area contributed by atoms with Crippen molar-refractivity contribution in [2.75, 3.05) is 11.9 Å². The Morgan fingerprint density at radius 3 is 2.44 bits per heavy atom. The van der Waals surface area contributed by atoms with Gasteiger partial charge in [-0.05, 0) is 66.3 Å². The highest BCUT2D eigenvalue weighted by atomic mass is 16.3. The summed E-state index contributed by atoms with van der Waals surface area (Å²) in [6.45, 7) is 3.79. The standard InChI is InChI=1S/C21H23N3O3/c1-13-8-14(2)10-17(9-13)23-21(27)20(26)22-12-19(25)16-4-5-18-15(11-16)6-7-24(18)3/h4-11,19,25H,12H2,1-3H3,(H,22,26)(H,23,27). The highest BCUT2D eigenvalue weighted by molar-refractivity contribution is 6.39. The summed E-state index contributed by atoms with van der Waals surface area (Å²) in [6.07, 6.45) is 1.05. The molecule has 0 saturated carbocycles. The number of aromatic nitrogens is 1. The third kappa shape index (κ3) is 4.35. The van der Waals surface area contributed by atoms with Crippen LogP contribution in [0.2, 0.25) is 0 Å². The highest BCUT2D eigenvalue weighted by Crippen LogP contribution is 2.20. The number of carbonyl (C=O) groups is 2. The van der Waals surface area contributed by atoms with Crippen LogP contribution in [0.5, 0.6) is 0 Å². The predicted molar refractivity (Wildman–Crippen MR) is 105 cm³/mol. The van der Waals surface area contributed by atoms with Crippen molar-refractivity contribution in [2.24, 2.45) is 7.05 Å². The highest BCUT2D eigenvalue weighted by Gasteiger charge is 2.16. The molecule has 0 saturated heterocycles. The van der Waals surface area contributed by atoms with E-state index in [1.807, 2.05) is 62.0 Å². The first-order valence-electron chi connectivity index (χ1n) is 8.74. The molecule has 1 aromatic heterocycles. The van der Waals surface area contributed by atoms with Crippen LogP contribution in [-0.2, 0) is 16.6 Å². The van der Waals surface area contributed by atoms with Crippen molar-refractivity contribution in [1.29, 1.82) is 0 Å². The number of hydrogen-bond acceptors (Lipinski definition) is 3. The molecule has 6 nitrogen and oxygen atoms in total. The van der Waals surface area contributed by atoms with Crippen LogP contribution < -0.4 is 10.6 Å². The molecule has 0 radical (unpaired) electrons. The average molecular weight is 365 g/mol. The van der Waals surface area contributed by atoms with Crippen molar-refractivity contribution in [1.82, 2.24) is 9.88 Å². The Morgan fingerprint density at radius 1 is 1.04 bits per heavy atom. The van der Waals surface area contributed by atoms with Gasteiger partial charge in [0.2, 0.25) is 0 Å². The summed E-state index contributed by atoms with van der Waals surface area (Å²) in [5.74, 6) is -1.54. The van der Waals surface area contributed by atoms with E-state index in [1.165, 1.54) is 0 Å². The lowest BCUT2D eigenvalue weighted by Crippen LogP contribution is -2.37. The van der Waals surface area contributed by atoms with Crippen LogP contribution in [0.3, 0.4) is 0 Å². The fraction of sp³-hybridized carbons (Fsp3) is 0.238. The second kappa shape index (κ2) is 7.63. The summed E-state index contributed by atoms with van der Waals surface area (Å²) in [5.41, 5.74) is 4.31. The number of nitrogens with zero attached hydrogens (tertiary/aromatic N) is 1. The second-order valence-electron chi connectivity index (χ2n) is 6.80. The largest absolute Gasteiger partial charge is 0.387 e. The molecule has 1 atom stereocenters. The molecule has 3 rings (SSSR count). The topological polar surface area (TPSA) is 83.4 Å². The number of nitrogens with one attached hydrogen (secondary N) is 2. The van der Waals surface area contributed by atoms with E-state index < -0.39 is 17.9 Å². The Morgan fingerprint density at radius 2 is 1.74 bits per heavy atom. The van der Waals surface area contributed by atoms with E-state index in [0.29, 0.717) is 11.3 Å². The number of anilines is 1. The molecule has 2 aromatic carbocycles. The number of hydrogen-bond donors (Lipinski definition) is 3. The van der Waals surface area contributed by atoms with Crippen LogP contribution in [0.4, 0.5) is 5.69 Å². The Labute approximate surface area is 157 Å². The molecule has 27 heavy (non-hydrogen) atoms. The molecule has 0 spiro atoms. The molecule has 0 bridgehead atoms. The van der Waals surface area contributed by atoms with Crippen molar-refractivity contribution in [3.63, 3.8) is 0 Å². The Kier molecular flexibility index (Phi) is 5.28. The van der Waals surface area contributed by atoms with Crippen LogP contribution in [0.15, 0.2) is 48.7 Å². The Balaban J connectivity index is 1.59. The van der Waals surface area contributed by atoms with Gasteiger partial charge in [0.05, 0.1) is 6.10 Å². The molecule has 1 unspecified atom stereocenters. The van der Waals surface area contributed by atoms with Gasteiger partial charge in [-0.1, -0.05) is 12.1 Å². The maximum Gasteiger partial charge on any atom is 0.313 e. The van der Waals surface area contributed by atoms with Crippen LogP contribution in [0.1, 0.15) is 22.8 Å². The van der Waals surface area contributed by atoms with E-state index in [-0.39, 0.29) is 6.54 Å². The number of aliphatic hydroxyl groups is 1. The van der Waals surface area contributed by atoms with Gasteiger partial charge in [0.15, 0.2) is 0 Å². The van der Waals surface area contributed by atoms with Crippen LogP contribution >= 0.6 is 0 Å². The number of aliphatic hydroxyl groups excluding tert-OH is 1. The molecule has 6 heteroatoms. The fourth-order valence-electron chi connectivity index (χ4n) is 3.13. The Bertz CT molecular complexity index is 987. The predicted octanol–water partition coefficient (Wildman–Crippen LogP) is 2.58. The van der Waals surface area contributed by atoms with Gasteiger partial charge in [-0.25, -0.2) is 0 Å². The third-order valence-electron chi connectivity index (χ3n) is 4.44. The maximum atomic E-state index is 12.1. The summed E-state index contributed by atoms with van der Waals surface area (Å²) in [7, 11) is 1.95. The molecular formula is C21H23N3O3. The van der Waals surface area contributed by atoms with E-state index in [4.69, 9.17) is 0 Å². The zero-order valence-corrected chi connectivity index (χ0v) is 15.6. The number of fused-ring (bicyclic) bond motifs is 1. The van der Waals surface area contributed by atoms with Gasteiger partial charge < -0.3 is 20.3 Å². The molecule has 140 valence electrons. The number of benzene rings is 2. The molecule has 0 fully saturated rings. The number of amides is 2. The third-order valence-corrected chi connectivity index (χ3v) is 4.44. The average Bonchev–Trinajstić information content (AvgIpc) is 2.99. The van der Waals surface area contributed by atoms with Crippen molar-refractivity contribution in [3.8, 4) is 0 Å². The van der Waals surface area contributed by atoms with E-state index in [0.717, 1.165) is 22.0 Å². The minimum Gasteiger partial charge on any atom is -0.387 e. The van der Waals surface area contributed by atoms with E-state index >= 15 is 0 Å². The molecule has 3 N–H and O–H groups in total. The van der Waals surface area contributed by atoms with Crippen molar-refractivity contribution in [2.45, 2.75) is 20.0 Å². The van der Waals surface area contributed by atoms with Gasteiger partial charge in [0.1, 0.15) is 0 Å². The van der Waals surface area contributed by atoms with Gasteiger partial charge in [0.25, 0.3) is 0 Å². The first-order valence-corrected chi connectivity index (χ1v) is 8.74. The van der Waals surface area contributed by atoms with Gasteiger partial charge in [-0.3, -0.25) is 9.59 Å². The maximum absolute atomic E-state index is 12.1. The zero-order valence-electron chi connectivity index (χ0n) is 15.6. The number of rotatable bonds is 4. The minimum absolute atomic E-state index is 0.0442. The van der Waals surface area contributed by atoms with Gasteiger partial charge in [-0.2, -0.15) is 0 Å². The van der Waals surface area contributed by atoms with Crippen molar-refractivity contribution < 1.29 is 14.7 Å². The van der Waals surface area contributed by atoms with Gasteiger partial charge >= 0.3 is 11.8 Å². The lowest BCUT2D eigenvalue weighted by atomic mass is 10.1. The fourth-order valence-corrected chi connectivity index (χ4v) is 3.13. The van der Waals surface area contributed by atoms with Crippen molar-refractivity contribution in [3.05, 3.63) is 65.4 Å². The molecule has 1 heterocycles. The van der Waals surface area contributed by atoms with Crippen LogP contribution in [0.25, 0.3) is 10.9 Å². The lowest BCUT2D eigenvalue weighted by molar-refractivity contribution is -0.136. The van der Waals surface area contributed by atoms with Gasteiger partial charge in [-0.15, -0.1) is 0 Å². The smallest absolute Gasteiger partial charge is 0.313 e. The quantitative estimate of drug-likeness (QED) is 0.622. The summed E-state index contributed by atoms with van der Waals surface area (Å²) in [6, 6.07) is 13.1. The molecular weight excluding hydrogens is 342 g/mol.